The van der Waals surface area contributed by atoms with Gasteiger partial charge >= 0.3 is 0 Å². The van der Waals surface area contributed by atoms with Crippen LogP contribution in [0, 0.1) is 20.8 Å². The first-order chi connectivity index (χ1) is 28.9. The van der Waals surface area contributed by atoms with Gasteiger partial charge in [0.25, 0.3) is 21.8 Å². The number of sulfonamides is 1. The van der Waals surface area contributed by atoms with E-state index >= 15 is 0 Å². The molecule has 0 aliphatic rings. The van der Waals surface area contributed by atoms with Gasteiger partial charge in [-0.2, -0.15) is 0 Å². The molecule has 0 spiro atoms. The van der Waals surface area contributed by atoms with Crippen LogP contribution in [-0.2, 0) is 28.0 Å². The Morgan fingerprint density at radius 2 is 1.03 bits per heavy atom. The number of carbonyl (C=O) groups excluding carboxylic acids is 3. The van der Waals surface area contributed by atoms with Gasteiger partial charge in [-0.05, 0) is 98.5 Å². The quantitative estimate of drug-likeness (QED) is 0.0826. The zero-order valence-electron chi connectivity index (χ0n) is 34.4. The van der Waals surface area contributed by atoms with E-state index in [1.54, 1.807) is 42.5 Å². The number of anilines is 2. The highest BCUT2D eigenvalue weighted by Gasteiger charge is 2.22. The fraction of sp³-hybridized carbons (Fsp3) is 0.204. The number of rotatable bonds is 16. The molecule has 6 aromatic carbocycles. The second-order valence-corrected chi connectivity index (χ2v) is 16.0. The molecule has 6 aromatic rings. The van der Waals surface area contributed by atoms with Crippen LogP contribution in [0.2, 0.25) is 0 Å². The number of hydrogen-bond donors (Lipinski definition) is 3. The molecule has 60 heavy (non-hydrogen) atoms. The third-order valence-electron chi connectivity index (χ3n) is 9.32. The zero-order valence-corrected chi connectivity index (χ0v) is 35.2. The maximum atomic E-state index is 12.9. The fourth-order valence-corrected chi connectivity index (χ4v) is 7.03. The number of hydrogen-bond acceptors (Lipinski definition) is 7. The highest BCUT2D eigenvalue weighted by molar-refractivity contribution is 7.90. The lowest BCUT2D eigenvalue weighted by Gasteiger charge is -2.13. The Hall–Kier alpha value is -6.72. The number of unbranched alkanes of at least 4 members (excludes halogenated alkanes) is 2. The van der Waals surface area contributed by atoms with Crippen LogP contribution >= 0.6 is 0 Å². The highest BCUT2D eigenvalue weighted by Crippen LogP contribution is 2.24. The summed E-state index contributed by atoms with van der Waals surface area (Å²) in [5, 5.41) is 5.58. The summed E-state index contributed by atoms with van der Waals surface area (Å²) in [6.07, 6.45) is 2.50. The predicted octanol–water partition coefficient (Wildman–Crippen LogP) is 10.3. The monoisotopic (exact) mass is 825 g/mol. The van der Waals surface area contributed by atoms with Crippen LogP contribution in [-0.4, -0.2) is 26.1 Å². The van der Waals surface area contributed by atoms with Crippen LogP contribution in [0.4, 0.5) is 11.4 Å². The second-order valence-electron chi connectivity index (χ2n) is 14.3. The number of carbonyl (C=O) groups is 3. The maximum absolute atomic E-state index is 12.9. The van der Waals surface area contributed by atoms with Crippen molar-refractivity contribution < 1.29 is 32.3 Å². The lowest BCUT2D eigenvalue weighted by Crippen LogP contribution is -2.31. The lowest BCUT2D eigenvalue weighted by atomic mass is 10.1. The van der Waals surface area contributed by atoms with Gasteiger partial charge in [-0.25, -0.2) is 13.1 Å². The Morgan fingerprint density at radius 3 is 1.55 bits per heavy atom. The molecule has 11 heteroatoms. The summed E-state index contributed by atoms with van der Waals surface area (Å²) < 4.78 is 39.3. The predicted molar refractivity (Wildman–Crippen MR) is 237 cm³/mol. The van der Waals surface area contributed by atoms with Crippen molar-refractivity contribution in [3.8, 4) is 11.5 Å². The molecule has 10 nitrogen and oxygen atoms in total. The molecular formula is C49H51N3O7S. The smallest absolute Gasteiger partial charge is 0.266 e. The van der Waals surface area contributed by atoms with Gasteiger partial charge in [0.1, 0.15) is 29.6 Å². The summed E-state index contributed by atoms with van der Waals surface area (Å²) in [4.78, 5) is 37.3. The normalized spacial score (nSPS) is 10.7. The van der Waals surface area contributed by atoms with E-state index in [0.717, 1.165) is 40.8 Å². The number of aryl methyl sites for hydroxylation is 3. The molecule has 3 N–H and O–H groups in total. The van der Waals surface area contributed by atoms with E-state index in [1.165, 1.54) is 23.8 Å². The van der Waals surface area contributed by atoms with Crippen LogP contribution in [0.25, 0.3) is 0 Å². The summed E-state index contributed by atoms with van der Waals surface area (Å²) in [6.45, 7) is 8.86. The minimum Gasteiger partial charge on any atom is -0.489 e. The molecule has 0 saturated carbocycles. The minimum atomic E-state index is -4.14. The molecule has 0 aliphatic carbocycles. The van der Waals surface area contributed by atoms with E-state index in [2.05, 4.69) is 34.4 Å². The molecule has 310 valence electrons. The third kappa shape index (κ3) is 13.7. The van der Waals surface area contributed by atoms with Gasteiger partial charge in [-0.3, -0.25) is 14.4 Å². The number of para-hydroxylation sites is 2. The molecule has 0 saturated heterocycles. The topological polar surface area (TPSA) is 140 Å². The van der Waals surface area contributed by atoms with Crippen molar-refractivity contribution in [2.24, 2.45) is 0 Å². The molecule has 0 heterocycles. The molecule has 0 fully saturated rings. The van der Waals surface area contributed by atoms with Gasteiger partial charge in [0.2, 0.25) is 5.91 Å². The number of nitrogens with one attached hydrogen (secondary N) is 3. The SMILES string of the molecule is CCCCCC(=O)NS(=O)(=O)c1ccccc1NC(=O)c1cccc(OCc2ccc(C)cc2)c1.Cc1ccc(COc2cccc(C(=O)Nc3ccccc3C)c2)cc1. The third-order valence-corrected chi connectivity index (χ3v) is 10.7. The van der Waals surface area contributed by atoms with Gasteiger partial charge in [-0.1, -0.05) is 122 Å². The van der Waals surface area contributed by atoms with Crippen LogP contribution in [0.5, 0.6) is 11.5 Å². The first-order valence-electron chi connectivity index (χ1n) is 19.8. The van der Waals surface area contributed by atoms with E-state index in [1.807, 2.05) is 93.6 Å². The molecule has 0 unspecified atom stereocenters. The van der Waals surface area contributed by atoms with E-state index in [-0.39, 0.29) is 22.9 Å². The summed E-state index contributed by atoms with van der Waals surface area (Å²) in [7, 11) is -4.14. The van der Waals surface area contributed by atoms with Crippen molar-refractivity contribution in [1.29, 1.82) is 0 Å². The van der Waals surface area contributed by atoms with Crippen LogP contribution in [0.3, 0.4) is 0 Å². The summed E-state index contributed by atoms with van der Waals surface area (Å²) >= 11 is 0. The Labute approximate surface area is 353 Å². The van der Waals surface area contributed by atoms with E-state index < -0.39 is 21.8 Å². The van der Waals surface area contributed by atoms with E-state index in [9.17, 15) is 22.8 Å². The van der Waals surface area contributed by atoms with E-state index in [0.29, 0.717) is 42.3 Å². The van der Waals surface area contributed by atoms with Crippen molar-refractivity contribution >= 4 is 39.1 Å². The van der Waals surface area contributed by atoms with Crippen molar-refractivity contribution in [2.45, 2.75) is 71.5 Å². The minimum absolute atomic E-state index is 0.0809. The van der Waals surface area contributed by atoms with Crippen LogP contribution in [0.1, 0.15) is 81.1 Å². The highest BCUT2D eigenvalue weighted by atomic mass is 32.2. The Morgan fingerprint density at radius 1 is 0.550 bits per heavy atom. The molecule has 0 atom stereocenters. The number of amides is 3. The Kier molecular flexibility index (Phi) is 16.2. The van der Waals surface area contributed by atoms with Crippen molar-refractivity contribution in [1.82, 2.24) is 4.72 Å². The summed E-state index contributed by atoms with van der Waals surface area (Å²) in [5.41, 5.74) is 7.29. The maximum Gasteiger partial charge on any atom is 0.266 e. The first-order valence-corrected chi connectivity index (χ1v) is 21.3. The van der Waals surface area contributed by atoms with E-state index in [4.69, 9.17) is 9.47 Å². The van der Waals surface area contributed by atoms with Gasteiger partial charge in [0.05, 0.1) is 5.69 Å². The van der Waals surface area contributed by atoms with Crippen LogP contribution < -0.4 is 24.8 Å². The fourth-order valence-electron chi connectivity index (χ4n) is 5.85. The molecule has 0 radical (unpaired) electrons. The zero-order chi connectivity index (χ0) is 42.9. The molecule has 0 bridgehead atoms. The summed E-state index contributed by atoms with van der Waals surface area (Å²) in [5.74, 6) is -0.0210. The van der Waals surface area contributed by atoms with Gasteiger partial charge < -0.3 is 20.1 Å². The van der Waals surface area contributed by atoms with Gasteiger partial charge in [0, 0.05) is 23.2 Å². The Bertz CT molecular complexity index is 2480. The van der Waals surface area contributed by atoms with Gasteiger partial charge in [-0.15, -0.1) is 0 Å². The summed E-state index contributed by atoms with van der Waals surface area (Å²) in [6, 6.07) is 43.7. The second kappa shape index (κ2) is 21.9. The Balaban J connectivity index is 0.000000240. The largest absolute Gasteiger partial charge is 0.489 e. The van der Waals surface area contributed by atoms with Crippen LogP contribution in [0.15, 0.2) is 150 Å². The molecular weight excluding hydrogens is 775 g/mol. The van der Waals surface area contributed by atoms with Crippen molar-refractivity contribution in [2.75, 3.05) is 10.6 Å². The molecule has 0 aromatic heterocycles. The van der Waals surface area contributed by atoms with Crippen molar-refractivity contribution in [3.63, 3.8) is 0 Å². The molecule has 0 aliphatic heterocycles. The van der Waals surface area contributed by atoms with Gasteiger partial charge in [0.15, 0.2) is 0 Å². The first kappa shape index (κ1) is 44.4. The average Bonchev–Trinajstić information content (AvgIpc) is 3.24. The number of ether oxygens (including phenoxy) is 2. The average molecular weight is 826 g/mol. The molecule has 6 rings (SSSR count). The molecule has 3 amide bonds. The standard InChI is InChI=1S/C27H30N2O5S.C22H21NO2/c1-3-4-5-13-26(30)29-35(32,33)25-12-7-6-11-24(25)28-27(31)22-9-8-10-23(18-22)34-19-21-16-14-20(2)15-17-21;1-16-10-12-18(13-11-16)15-25-20-8-5-7-19(14-20)22(24)23-21-9-4-3-6-17(21)2/h6-12,14-18H,3-5,13,19H2,1-2H3,(H,28,31)(H,29,30);3-14H,15H2,1-2H3,(H,23,24). The lowest BCUT2D eigenvalue weighted by molar-refractivity contribution is -0.119. The number of benzene rings is 6. The van der Waals surface area contributed by atoms with Crippen molar-refractivity contribution in [3.05, 3.63) is 185 Å².